The molecule has 4 rings (SSSR count). The number of nitrogens with zero attached hydrogens (tertiary/aromatic N) is 3. The molecule has 0 radical (unpaired) electrons. The number of carbonyl (C=O) groups is 1. The van der Waals surface area contributed by atoms with Gasteiger partial charge in [-0.2, -0.15) is 0 Å². The van der Waals surface area contributed by atoms with Crippen LogP contribution in [0.3, 0.4) is 0 Å². The van der Waals surface area contributed by atoms with Crippen LogP contribution in [0.15, 0.2) is 79.1 Å². The van der Waals surface area contributed by atoms with Crippen molar-refractivity contribution < 1.29 is 9.18 Å². The van der Waals surface area contributed by atoms with Crippen LogP contribution in [0.4, 0.5) is 10.1 Å². The average Bonchev–Trinajstić information content (AvgIpc) is 3.27. The second kappa shape index (κ2) is 8.30. The van der Waals surface area contributed by atoms with Crippen molar-refractivity contribution in [2.24, 2.45) is 0 Å². The first kappa shape index (κ1) is 18.3. The Morgan fingerprint density at radius 3 is 2.18 bits per heavy atom. The fourth-order valence-corrected chi connectivity index (χ4v) is 3.80. The van der Waals surface area contributed by atoms with Crippen LogP contribution < -0.4 is 4.90 Å². The van der Waals surface area contributed by atoms with Crippen molar-refractivity contribution in [3.63, 3.8) is 0 Å². The lowest BCUT2D eigenvalue weighted by Gasteiger charge is -2.38. The van der Waals surface area contributed by atoms with Gasteiger partial charge in [0.05, 0.1) is 5.69 Å². The van der Waals surface area contributed by atoms with Crippen molar-refractivity contribution >= 4 is 11.6 Å². The van der Waals surface area contributed by atoms with Crippen molar-refractivity contribution in [2.75, 3.05) is 31.1 Å². The van der Waals surface area contributed by atoms with E-state index in [2.05, 4.69) is 12.1 Å². The minimum atomic E-state index is -0.266. The summed E-state index contributed by atoms with van der Waals surface area (Å²) in [5, 5.41) is 0. The number of benzene rings is 2. The molecule has 1 aliphatic rings. The normalized spacial score (nSPS) is 15.5. The van der Waals surface area contributed by atoms with E-state index in [4.69, 9.17) is 0 Å². The molecule has 3 aromatic rings. The van der Waals surface area contributed by atoms with Gasteiger partial charge in [-0.15, -0.1) is 0 Å². The highest BCUT2D eigenvalue weighted by atomic mass is 19.1. The molecule has 2 heterocycles. The van der Waals surface area contributed by atoms with Gasteiger partial charge >= 0.3 is 0 Å². The molecule has 5 heteroatoms. The topological polar surface area (TPSA) is 28.5 Å². The van der Waals surface area contributed by atoms with Crippen LogP contribution in [-0.2, 0) is 11.2 Å². The third kappa shape index (κ3) is 3.93. The van der Waals surface area contributed by atoms with Crippen LogP contribution in [0.2, 0.25) is 0 Å². The van der Waals surface area contributed by atoms with Crippen molar-refractivity contribution in [1.29, 1.82) is 0 Å². The fourth-order valence-electron chi connectivity index (χ4n) is 3.80. The number of hydrogen-bond donors (Lipinski definition) is 0. The predicted molar refractivity (Wildman–Crippen MR) is 109 cm³/mol. The Labute approximate surface area is 164 Å². The van der Waals surface area contributed by atoms with Crippen molar-refractivity contribution in [2.45, 2.75) is 12.5 Å². The van der Waals surface area contributed by atoms with E-state index in [1.54, 1.807) is 12.1 Å². The van der Waals surface area contributed by atoms with Gasteiger partial charge in [-0.3, -0.25) is 4.79 Å². The van der Waals surface area contributed by atoms with E-state index >= 15 is 0 Å². The van der Waals surface area contributed by atoms with Crippen LogP contribution in [0.5, 0.6) is 0 Å². The number of para-hydroxylation sites is 1. The van der Waals surface area contributed by atoms with E-state index in [1.165, 1.54) is 6.07 Å². The number of anilines is 1. The number of piperazine rings is 1. The van der Waals surface area contributed by atoms with Gasteiger partial charge in [0.15, 0.2) is 0 Å². The van der Waals surface area contributed by atoms with E-state index in [9.17, 15) is 9.18 Å². The minimum Gasteiger partial charge on any atom is -0.366 e. The van der Waals surface area contributed by atoms with Crippen molar-refractivity contribution in [3.05, 3.63) is 90.5 Å². The van der Waals surface area contributed by atoms with E-state index in [0.29, 0.717) is 38.3 Å². The molecule has 0 spiro atoms. The van der Waals surface area contributed by atoms with Crippen LogP contribution in [0.25, 0.3) is 0 Å². The first-order valence-electron chi connectivity index (χ1n) is 9.67. The highest BCUT2D eigenvalue weighted by Gasteiger charge is 2.29. The minimum absolute atomic E-state index is 0.119. The van der Waals surface area contributed by atoms with Gasteiger partial charge < -0.3 is 14.4 Å². The van der Waals surface area contributed by atoms with Gasteiger partial charge in [-0.1, -0.05) is 42.5 Å². The molecule has 4 nitrogen and oxygen atoms in total. The van der Waals surface area contributed by atoms with Gasteiger partial charge in [-0.25, -0.2) is 4.39 Å². The van der Waals surface area contributed by atoms with Gasteiger partial charge in [0.25, 0.3) is 0 Å². The number of halogens is 1. The molecule has 1 amide bonds. The van der Waals surface area contributed by atoms with E-state index in [-0.39, 0.29) is 17.8 Å². The average molecular weight is 377 g/mol. The Morgan fingerprint density at radius 1 is 0.857 bits per heavy atom. The number of aromatic nitrogens is 1. The molecule has 1 fully saturated rings. The van der Waals surface area contributed by atoms with E-state index < -0.39 is 0 Å². The van der Waals surface area contributed by atoms with Crippen LogP contribution in [0, 0.1) is 5.82 Å². The van der Waals surface area contributed by atoms with Crippen LogP contribution >= 0.6 is 0 Å². The highest BCUT2D eigenvalue weighted by Crippen LogP contribution is 2.23. The lowest BCUT2D eigenvalue weighted by Crippen LogP contribution is -2.51. The number of amides is 1. The summed E-state index contributed by atoms with van der Waals surface area (Å²) in [5.41, 5.74) is 1.75. The van der Waals surface area contributed by atoms with Gasteiger partial charge in [-0.05, 0) is 29.8 Å². The molecule has 0 N–H and O–H groups in total. The molecular weight excluding hydrogens is 353 g/mol. The Morgan fingerprint density at radius 2 is 1.50 bits per heavy atom. The maximum absolute atomic E-state index is 14.1. The largest absolute Gasteiger partial charge is 0.366 e. The third-order valence-corrected chi connectivity index (χ3v) is 5.33. The monoisotopic (exact) mass is 377 g/mol. The molecule has 0 saturated carbocycles. The number of rotatable bonds is 5. The predicted octanol–water partition coefficient (Wildman–Crippen LogP) is 3.76. The smallest absolute Gasteiger partial charge is 0.246 e. The maximum atomic E-state index is 14.1. The molecule has 144 valence electrons. The summed E-state index contributed by atoms with van der Waals surface area (Å²) in [6.45, 7) is 2.46. The Hall–Kier alpha value is -3.08. The number of hydrogen-bond acceptors (Lipinski definition) is 2. The summed E-state index contributed by atoms with van der Waals surface area (Å²) < 4.78 is 16.0. The second-order valence-corrected chi connectivity index (χ2v) is 7.10. The van der Waals surface area contributed by atoms with Crippen LogP contribution in [0.1, 0.15) is 11.6 Å². The Kier molecular flexibility index (Phi) is 5.42. The summed E-state index contributed by atoms with van der Waals surface area (Å²) >= 11 is 0. The fraction of sp³-hybridized carbons (Fsp3) is 0.261. The third-order valence-electron chi connectivity index (χ3n) is 5.33. The quantitative estimate of drug-likeness (QED) is 0.677. The standard InChI is InChI=1S/C23H24FN3O/c24-20-10-4-5-11-21(20)26-14-16-27(17-15-26)23(28)22(25-12-6-7-13-25)18-19-8-2-1-3-9-19/h1-13,22H,14-18H2/t22-/m0/s1. The van der Waals surface area contributed by atoms with Gasteiger partial charge in [0.2, 0.25) is 5.91 Å². The van der Waals surface area contributed by atoms with E-state index in [1.807, 2.05) is 63.2 Å². The summed E-state index contributed by atoms with van der Waals surface area (Å²) in [7, 11) is 0. The van der Waals surface area contributed by atoms with E-state index in [0.717, 1.165) is 5.56 Å². The zero-order valence-electron chi connectivity index (χ0n) is 15.7. The SMILES string of the molecule is O=C([C@H](Cc1ccccc1)n1cccc1)N1CCN(c2ccccc2F)CC1. The molecule has 1 aliphatic heterocycles. The molecule has 0 bridgehead atoms. The number of carbonyl (C=O) groups excluding carboxylic acids is 1. The molecule has 1 saturated heterocycles. The first-order valence-corrected chi connectivity index (χ1v) is 9.67. The molecule has 0 aliphatic carbocycles. The molecule has 1 atom stereocenters. The molecule has 2 aromatic carbocycles. The first-order chi connectivity index (χ1) is 13.7. The van der Waals surface area contributed by atoms with Crippen molar-refractivity contribution in [3.8, 4) is 0 Å². The lowest BCUT2D eigenvalue weighted by molar-refractivity contribution is -0.135. The van der Waals surface area contributed by atoms with Crippen LogP contribution in [-0.4, -0.2) is 41.6 Å². The second-order valence-electron chi connectivity index (χ2n) is 7.10. The molecular formula is C23H24FN3O. The Balaban J connectivity index is 1.47. The summed E-state index contributed by atoms with van der Waals surface area (Å²) in [4.78, 5) is 17.2. The Bertz CT molecular complexity index is 903. The van der Waals surface area contributed by atoms with Crippen molar-refractivity contribution in [1.82, 2.24) is 9.47 Å². The summed E-state index contributed by atoms with van der Waals surface area (Å²) in [6, 6.07) is 20.5. The highest BCUT2D eigenvalue weighted by molar-refractivity contribution is 5.81. The maximum Gasteiger partial charge on any atom is 0.246 e. The van der Waals surface area contributed by atoms with Gasteiger partial charge in [0.1, 0.15) is 11.9 Å². The molecule has 28 heavy (non-hydrogen) atoms. The summed E-state index contributed by atoms with van der Waals surface area (Å²) in [6.07, 6.45) is 4.55. The van der Waals surface area contributed by atoms with Gasteiger partial charge in [0, 0.05) is 45.0 Å². The lowest BCUT2D eigenvalue weighted by atomic mass is 10.0. The summed E-state index contributed by atoms with van der Waals surface area (Å²) in [5.74, 6) is -0.0928. The molecule has 0 unspecified atom stereocenters. The zero-order chi connectivity index (χ0) is 19.3. The molecule has 1 aromatic heterocycles. The zero-order valence-corrected chi connectivity index (χ0v) is 15.7.